The molecular weight excluding hydrogens is 385 g/mol. The Morgan fingerprint density at radius 2 is 1.28 bits per heavy atom. The minimum absolute atomic E-state index is 0.520. The molecule has 1 fully saturated rings. The van der Waals surface area contributed by atoms with Gasteiger partial charge in [-0.3, -0.25) is 0 Å². The van der Waals surface area contributed by atoms with E-state index in [9.17, 15) is 0 Å². The first-order chi connectivity index (χ1) is 14.3. The van der Waals surface area contributed by atoms with Crippen LogP contribution in [0.2, 0.25) is 0 Å². The molecule has 0 atom stereocenters. The predicted molar refractivity (Wildman–Crippen MR) is 114 cm³/mol. The predicted octanol–water partition coefficient (Wildman–Crippen LogP) is 6.01. The number of hydrogen-bond donors (Lipinski definition) is 0. The molecule has 0 unspecified atom stereocenters. The Hall–Kier alpha value is -2.85. The zero-order valence-corrected chi connectivity index (χ0v) is 16.6. The maximum atomic E-state index is 6.71. The van der Waals surface area contributed by atoms with E-state index in [-0.39, 0.29) is 0 Å². The summed E-state index contributed by atoms with van der Waals surface area (Å²) in [5, 5.41) is 0. The number of fused-ring (bicyclic) bond motifs is 2. The van der Waals surface area contributed by atoms with E-state index in [1.807, 2.05) is 72.8 Å². The molecule has 6 heteroatoms. The van der Waals surface area contributed by atoms with Gasteiger partial charge in [-0.1, -0.05) is 0 Å². The van der Waals surface area contributed by atoms with Crippen molar-refractivity contribution in [1.29, 1.82) is 0 Å². The van der Waals surface area contributed by atoms with Crippen LogP contribution < -0.4 is 9.19 Å². The van der Waals surface area contributed by atoms with E-state index in [4.69, 9.17) is 18.1 Å². The molecule has 0 bridgehead atoms. The molecule has 29 heavy (non-hydrogen) atoms. The van der Waals surface area contributed by atoms with E-state index in [0.29, 0.717) is 24.7 Å². The molecule has 6 rings (SSSR count). The van der Waals surface area contributed by atoms with E-state index in [0.717, 1.165) is 28.9 Å². The minimum atomic E-state index is -4.08. The third-order valence-corrected chi connectivity index (χ3v) is 8.61. The van der Waals surface area contributed by atoms with Crippen molar-refractivity contribution in [3.63, 3.8) is 0 Å². The van der Waals surface area contributed by atoms with Crippen molar-refractivity contribution in [3.8, 4) is 5.75 Å². The van der Waals surface area contributed by atoms with Gasteiger partial charge in [0.1, 0.15) is 0 Å². The summed E-state index contributed by atoms with van der Waals surface area (Å²) in [5.41, 5.74) is 3.78. The van der Waals surface area contributed by atoms with Gasteiger partial charge < -0.3 is 0 Å². The zero-order chi connectivity index (χ0) is 19.3. The number of rotatable bonds is 2. The second-order valence-corrected chi connectivity index (χ2v) is 9.99. The molecule has 0 aliphatic carbocycles. The van der Waals surface area contributed by atoms with Crippen LogP contribution in [0, 0.1) is 0 Å². The molecule has 0 aromatic heterocycles. The first-order valence-electron chi connectivity index (χ1n) is 9.76. The van der Waals surface area contributed by atoms with Gasteiger partial charge >= 0.3 is 169 Å². The van der Waals surface area contributed by atoms with Gasteiger partial charge in [0.05, 0.1) is 0 Å². The van der Waals surface area contributed by atoms with Crippen molar-refractivity contribution in [3.05, 3.63) is 96.1 Å². The summed E-state index contributed by atoms with van der Waals surface area (Å²) in [5.74, 6) is 1.43. The second kappa shape index (κ2) is 6.07. The molecule has 3 aliphatic heterocycles. The van der Waals surface area contributed by atoms with Gasteiger partial charge in [0.15, 0.2) is 0 Å². The molecule has 3 aromatic carbocycles. The standard InChI is InChI=1S/C23H20NO4P/c1-3-10-18(11-4-1)22-23(19-12-5-2-6-13-19)28-29(25-16-9-17-26-29)24(22)20-14-7-8-15-21(20)27-29/h1-8,10-15H,9,16-17H2. The monoisotopic (exact) mass is 405 g/mol. The first-order valence-corrected chi connectivity index (χ1v) is 11.6. The molecule has 0 radical (unpaired) electrons. The Morgan fingerprint density at radius 1 is 0.655 bits per heavy atom. The maximum absolute atomic E-state index is 6.71. The Bertz CT molecular complexity index is 1110. The van der Waals surface area contributed by atoms with Gasteiger partial charge in [-0.2, -0.15) is 0 Å². The molecule has 0 saturated carbocycles. The van der Waals surface area contributed by atoms with Gasteiger partial charge in [0.2, 0.25) is 0 Å². The average Bonchev–Trinajstić information content (AvgIpc) is 3.21. The van der Waals surface area contributed by atoms with Crippen molar-refractivity contribution in [2.45, 2.75) is 6.42 Å². The molecule has 0 amide bonds. The van der Waals surface area contributed by atoms with Crippen LogP contribution in [0.5, 0.6) is 5.75 Å². The SMILES string of the molecule is c1ccc(C2=C(c3ccccc3)N3c4ccccc4OP34(OCCCO4)O2)cc1. The fourth-order valence-electron chi connectivity index (χ4n) is 4.11. The topological polar surface area (TPSA) is 40.2 Å². The van der Waals surface area contributed by atoms with Crippen LogP contribution >= 0.6 is 7.66 Å². The average molecular weight is 405 g/mol. The van der Waals surface area contributed by atoms with Crippen molar-refractivity contribution >= 4 is 24.8 Å². The third kappa shape index (κ3) is 2.32. The molecule has 5 nitrogen and oxygen atoms in total. The van der Waals surface area contributed by atoms with Gasteiger partial charge in [-0.15, -0.1) is 0 Å². The number of para-hydroxylation sites is 2. The Morgan fingerprint density at radius 3 is 2.00 bits per heavy atom. The van der Waals surface area contributed by atoms with Crippen LogP contribution in [0.15, 0.2) is 84.9 Å². The third-order valence-electron chi connectivity index (χ3n) is 5.33. The van der Waals surface area contributed by atoms with Gasteiger partial charge in [0.25, 0.3) is 0 Å². The second-order valence-electron chi connectivity index (χ2n) is 7.17. The normalized spacial score (nSPS) is 22.2. The van der Waals surface area contributed by atoms with Crippen LogP contribution in [0.1, 0.15) is 17.5 Å². The van der Waals surface area contributed by atoms with Gasteiger partial charge in [-0.25, -0.2) is 0 Å². The summed E-state index contributed by atoms with van der Waals surface area (Å²) < 4.78 is 28.0. The summed E-state index contributed by atoms with van der Waals surface area (Å²) in [6.07, 6.45) is 0.802. The summed E-state index contributed by atoms with van der Waals surface area (Å²) in [6, 6.07) is 28.2. The Labute approximate surface area is 169 Å². The van der Waals surface area contributed by atoms with Gasteiger partial charge in [-0.05, 0) is 0 Å². The van der Waals surface area contributed by atoms with E-state index < -0.39 is 7.66 Å². The van der Waals surface area contributed by atoms with Crippen molar-refractivity contribution in [1.82, 2.24) is 0 Å². The zero-order valence-electron chi connectivity index (χ0n) is 15.7. The number of benzene rings is 3. The molecule has 3 aromatic rings. The van der Waals surface area contributed by atoms with Crippen LogP contribution in [0.3, 0.4) is 0 Å². The van der Waals surface area contributed by atoms with Crippen molar-refractivity contribution in [2.24, 2.45) is 0 Å². The summed E-state index contributed by atoms with van der Waals surface area (Å²) in [6.45, 7) is 1.04. The fraction of sp³-hybridized carbons (Fsp3) is 0.130. The molecule has 146 valence electrons. The summed E-state index contributed by atoms with van der Waals surface area (Å²) in [4.78, 5) is 0. The van der Waals surface area contributed by atoms with E-state index >= 15 is 0 Å². The first kappa shape index (κ1) is 17.0. The fourth-order valence-corrected chi connectivity index (χ4v) is 7.72. The van der Waals surface area contributed by atoms with Gasteiger partial charge in [0, 0.05) is 0 Å². The van der Waals surface area contributed by atoms with E-state index in [2.05, 4.69) is 16.8 Å². The number of nitrogens with zero attached hydrogens (tertiary/aromatic N) is 1. The molecule has 0 N–H and O–H groups in total. The molecule has 3 aliphatic rings. The van der Waals surface area contributed by atoms with Crippen molar-refractivity contribution in [2.75, 3.05) is 17.9 Å². The molecular formula is C23H20NO4P. The van der Waals surface area contributed by atoms with Crippen LogP contribution in [0.4, 0.5) is 5.69 Å². The molecule has 1 spiro atoms. The Kier molecular flexibility index (Phi) is 3.57. The molecule has 1 saturated heterocycles. The van der Waals surface area contributed by atoms with Crippen LogP contribution in [0.25, 0.3) is 11.5 Å². The van der Waals surface area contributed by atoms with Crippen LogP contribution in [-0.2, 0) is 13.6 Å². The molecule has 3 heterocycles. The van der Waals surface area contributed by atoms with Crippen LogP contribution in [-0.4, -0.2) is 13.2 Å². The summed E-state index contributed by atoms with van der Waals surface area (Å²) in [7, 11) is -4.08. The van der Waals surface area contributed by atoms with E-state index in [1.165, 1.54) is 0 Å². The van der Waals surface area contributed by atoms with E-state index in [1.54, 1.807) is 0 Å². The number of hydrogen-bond acceptors (Lipinski definition) is 5. The van der Waals surface area contributed by atoms with Crippen molar-refractivity contribution < 1.29 is 18.1 Å². The number of anilines is 1. The quantitative estimate of drug-likeness (QED) is 0.489. The Balaban J connectivity index is 1.66. The summed E-state index contributed by atoms with van der Waals surface area (Å²) >= 11 is 0.